The van der Waals surface area contributed by atoms with Gasteiger partial charge in [-0.25, -0.2) is 8.42 Å². The van der Waals surface area contributed by atoms with Crippen molar-refractivity contribution in [1.29, 1.82) is 0 Å². The molecule has 4 nitrogen and oxygen atoms in total. The van der Waals surface area contributed by atoms with Gasteiger partial charge in [0, 0.05) is 12.6 Å². The molecule has 2 saturated heterocycles. The molecule has 0 spiro atoms. The minimum Gasteiger partial charge on any atom is -0.316 e. The van der Waals surface area contributed by atoms with Gasteiger partial charge in [-0.15, -0.1) is 0 Å². The lowest BCUT2D eigenvalue weighted by Gasteiger charge is -2.23. The van der Waals surface area contributed by atoms with E-state index >= 15 is 0 Å². The van der Waals surface area contributed by atoms with Crippen LogP contribution in [0.2, 0.25) is 0 Å². The Morgan fingerprint density at radius 3 is 2.69 bits per heavy atom. The molecule has 3 fully saturated rings. The first-order chi connectivity index (χ1) is 7.58. The molecule has 3 rings (SSSR count). The highest BCUT2D eigenvalue weighted by Crippen LogP contribution is 2.37. The highest BCUT2D eigenvalue weighted by atomic mass is 32.2. The lowest BCUT2D eigenvalue weighted by atomic mass is 9.95. The van der Waals surface area contributed by atoms with Gasteiger partial charge in [0.25, 0.3) is 0 Å². The summed E-state index contributed by atoms with van der Waals surface area (Å²) in [6, 6.07) is 0.198. The number of nitrogens with zero attached hydrogens (tertiary/aromatic N) is 1. The van der Waals surface area contributed by atoms with Crippen LogP contribution in [0.1, 0.15) is 19.8 Å². The van der Waals surface area contributed by atoms with Gasteiger partial charge in [0.15, 0.2) is 0 Å². The third-order valence-corrected chi connectivity index (χ3v) is 6.47. The summed E-state index contributed by atoms with van der Waals surface area (Å²) in [6.45, 7) is 4.79. The van der Waals surface area contributed by atoms with Gasteiger partial charge in [-0.2, -0.15) is 4.31 Å². The lowest BCUT2D eigenvalue weighted by Crippen LogP contribution is -2.39. The predicted molar refractivity (Wildman–Crippen MR) is 62.5 cm³/mol. The van der Waals surface area contributed by atoms with Crippen molar-refractivity contribution in [3.05, 3.63) is 0 Å². The summed E-state index contributed by atoms with van der Waals surface area (Å²) in [7, 11) is -2.98. The zero-order chi connectivity index (χ0) is 11.3. The number of hydrogen-bond acceptors (Lipinski definition) is 3. The van der Waals surface area contributed by atoms with Crippen molar-refractivity contribution in [2.24, 2.45) is 17.8 Å². The summed E-state index contributed by atoms with van der Waals surface area (Å²) in [4.78, 5) is 0. The summed E-state index contributed by atoms with van der Waals surface area (Å²) in [5, 5.41) is 3.36. The first-order valence-corrected chi connectivity index (χ1v) is 7.89. The van der Waals surface area contributed by atoms with Gasteiger partial charge in [0.2, 0.25) is 10.0 Å². The second kappa shape index (κ2) is 3.68. The first-order valence-electron chi connectivity index (χ1n) is 6.28. The minimum atomic E-state index is -2.98. The number of nitrogens with one attached hydrogen (secondary N) is 1. The van der Waals surface area contributed by atoms with Crippen molar-refractivity contribution in [2.75, 3.05) is 25.4 Å². The summed E-state index contributed by atoms with van der Waals surface area (Å²) in [6.07, 6.45) is 2.21. The van der Waals surface area contributed by atoms with Gasteiger partial charge >= 0.3 is 0 Å². The molecule has 3 atom stereocenters. The molecule has 3 aliphatic rings. The van der Waals surface area contributed by atoms with E-state index in [1.807, 2.05) is 0 Å². The van der Waals surface area contributed by atoms with Crippen molar-refractivity contribution >= 4 is 10.0 Å². The molecule has 0 radical (unpaired) electrons. The molecule has 3 unspecified atom stereocenters. The van der Waals surface area contributed by atoms with E-state index in [9.17, 15) is 8.42 Å². The highest BCUT2D eigenvalue weighted by Gasteiger charge is 2.47. The fourth-order valence-electron chi connectivity index (χ4n) is 3.17. The van der Waals surface area contributed by atoms with Crippen molar-refractivity contribution in [2.45, 2.75) is 25.8 Å². The van der Waals surface area contributed by atoms with Crippen LogP contribution in [0.25, 0.3) is 0 Å². The van der Waals surface area contributed by atoms with Crippen molar-refractivity contribution in [3.63, 3.8) is 0 Å². The van der Waals surface area contributed by atoms with E-state index in [4.69, 9.17) is 0 Å². The van der Waals surface area contributed by atoms with E-state index in [2.05, 4.69) is 12.2 Å². The molecule has 16 heavy (non-hydrogen) atoms. The fourth-order valence-corrected chi connectivity index (χ4v) is 5.38. The molecule has 1 aliphatic carbocycles. The average molecular weight is 244 g/mol. The van der Waals surface area contributed by atoms with Crippen molar-refractivity contribution < 1.29 is 8.42 Å². The number of hydrogen-bond donors (Lipinski definition) is 1. The molecule has 0 bridgehead atoms. The molecule has 2 heterocycles. The molecule has 0 aromatic carbocycles. The summed E-state index contributed by atoms with van der Waals surface area (Å²) < 4.78 is 26.2. The van der Waals surface area contributed by atoms with Gasteiger partial charge in [-0.3, -0.25) is 0 Å². The fraction of sp³-hybridized carbons (Fsp3) is 1.00. The normalized spacial score (nSPS) is 40.2. The van der Waals surface area contributed by atoms with E-state index < -0.39 is 10.0 Å². The molecule has 0 aromatic rings. The predicted octanol–water partition coefficient (Wildman–Crippen LogP) is 0.266. The van der Waals surface area contributed by atoms with Crippen LogP contribution >= 0.6 is 0 Å². The van der Waals surface area contributed by atoms with Gasteiger partial charge in [-0.1, -0.05) is 0 Å². The quantitative estimate of drug-likeness (QED) is 0.775. The average Bonchev–Trinajstić information content (AvgIpc) is 2.79. The van der Waals surface area contributed by atoms with Crippen LogP contribution in [0.3, 0.4) is 0 Å². The molecular weight excluding hydrogens is 224 g/mol. The Hall–Kier alpha value is -0.130. The maximum Gasteiger partial charge on any atom is 0.214 e. The molecule has 0 amide bonds. The van der Waals surface area contributed by atoms with E-state index in [0.717, 1.165) is 32.5 Å². The smallest absolute Gasteiger partial charge is 0.214 e. The second-order valence-electron chi connectivity index (χ2n) is 5.61. The number of sulfonamides is 1. The first kappa shape index (κ1) is 11.0. The number of fused-ring (bicyclic) bond motifs is 1. The Bertz CT molecular complexity index is 377. The summed E-state index contributed by atoms with van der Waals surface area (Å²) in [5.41, 5.74) is 0. The molecule has 92 valence electrons. The van der Waals surface area contributed by atoms with E-state index in [1.165, 1.54) is 0 Å². The third kappa shape index (κ3) is 1.79. The topological polar surface area (TPSA) is 49.4 Å². The second-order valence-corrected chi connectivity index (χ2v) is 7.58. The van der Waals surface area contributed by atoms with Crippen molar-refractivity contribution in [1.82, 2.24) is 9.62 Å². The highest BCUT2D eigenvalue weighted by molar-refractivity contribution is 7.89. The van der Waals surface area contributed by atoms with Crippen LogP contribution in [0.5, 0.6) is 0 Å². The zero-order valence-electron chi connectivity index (χ0n) is 9.72. The zero-order valence-corrected chi connectivity index (χ0v) is 10.5. The Kier molecular flexibility index (Phi) is 2.53. The van der Waals surface area contributed by atoms with Gasteiger partial charge < -0.3 is 5.32 Å². The van der Waals surface area contributed by atoms with Crippen LogP contribution < -0.4 is 5.32 Å². The Labute approximate surface area is 97.4 Å². The molecular formula is C11H20N2O2S. The van der Waals surface area contributed by atoms with E-state index in [-0.39, 0.29) is 6.04 Å². The van der Waals surface area contributed by atoms with Crippen LogP contribution in [0.15, 0.2) is 0 Å². The standard InChI is InChI=1S/C11H20N2O2S/c1-8-11-5-12-4-10(11)6-13(8)16(14,15)7-9-2-3-9/h8-12H,2-7H2,1H3. The van der Waals surface area contributed by atoms with Crippen molar-refractivity contribution in [3.8, 4) is 0 Å². The molecule has 2 aliphatic heterocycles. The maximum atomic E-state index is 12.2. The molecule has 5 heteroatoms. The minimum absolute atomic E-state index is 0.198. The SMILES string of the molecule is CC1C2CNCC2CN1S(=O)(=O)CC1CC1. The molecule has 1 N–H and O–H groups in total. The Morgan fingerprint density at radius 2 is 2.06 bits per heavy atom. The summed E-state index contributed by atoms with van der Waals surface area (Å²) >= 11 is 0. The Morgan fingerprint density at radius 1 is 1.31 bits per heavy atom. The van der Waals surface area contributed by atoms with Gasteiger partial charge in [-0.05, 0) is 50.6 Å². The monoisotopic (exact) mass is 244 g/mol. The van der Waals surface area contributed by atoms with E-state index in [1.54, 1.807) is 4.31 Å². The largest absolute Gasteiger partial charge is 0.316 e. The third-order valence-electron chi connectivity index (χ3n) is 4.38. The Balaban J connectivity index is 1.75. The molecule has 0 aromatic heterocycles. The van der Waals surface area contributed by atoms with Gasteiger partial charge in [0.1, 0.15) is 0 Å². The van der Waals surface area contributed by atoms with Crippen LogP contribution in [0, 0.1) is 17.8 Å². The lowest BCUT2D eigenvalue weighted by molar-refractivity contribution is 0.359. The van der Waals surface area contributed by atoms with Crippen LogP contribution in [0.4, 0.5) is 0 Å². The van der Waals surface area contributed by atoms with E-state index in [0.29, 0.717) is 23.5 Å². The maximum absolute atomic E-state index is 12.2. The summed E-state index contributed by atoms with van der Waals surface area (Å²) in [5.74, 6) is 1.93. The van der Waals surface area contributed by atoms with Crippen LogP contribution in [-0.4, -0.2) is 44.2 Å². The van der Waals surface area contributed by atoms with Crippen LogP contribution in [-0.2, 0) is 10.0 Å². The van der Waals surface area contributed by atoms with Gasteiger partial charge in [0.05, 0.1) is 5.75 Å². The number of rotatable bonds is 3. The molecule has 1 saturated carbocycles.